The van der Waals surface area contributed by atoms with Crippen LogP contribution in [0, 0.1) is 12.8 Å². The summed E-state index contributed by atoms with van der Waals surface area (Å²) in [5, 5.41) is 4.67. The lowest BCUT2D eigenvalue weighted by Crippen LogP contribution is -2.25. The third-order valence-corrected chi connectivity index (χ3v) is 3.56. The summed E-state index contributed by atoms with van der Waals surface area (Å²) in [5.74, 6) is 2.16. The van der Waals surface area contributed by atoms with Crippen molar-refractivity contribution in [3.8, 4) is 5.69 Å². The van der Waals surface area contributed by atoms with E-state index in [4.69, 9.17) is 11.6 Å². The molecule has 0 N–H and O–H groups in total. The molecule has 4 heteroatoms. The first-order valence-corrected chi connectivity index (χ1v) is 7.49. The minimum Gasteiger partial charge on any atom is -0.359 e. The Hall–Kier alpha value is -1.48. The van der Waals surface area contributed by atoms with Crippen molar-refractivity contribution in [2.45, 2.75) is 26.7 Å². The first kappa shape index (κ1) is 14.9. The number of para-hydroxylation sites is 1. The topological polar surface area (TPSA) is 21.1 Å². The van der Waals surface area contributed by atoms with Gasteiger partial charge in [-0.15, -0.1) is 11.6 Å². The molecule has 108 valence electrons. The number of rotatable bonds is 5. The van der Waals surface area contributed by atoms with Gasteiger partial charge in [0.05, 0.1) is 17.3 Å². The van der Waals surface area contributed by atoms with Crippen molar-refractivity contribution >= 4 is 17.4 Å². The smallest absolute Gasteiger partial charge is 0.136 e. The van der Waals surface area contributed by atoms with Crippen LogP contribution in [-0.2, 0) is 5.88 Å². The molecule has 0 saturated heterocycles. The average molecular weight is 292 g/mol. The van der Waals surface area contributed by atoms with Gasteiger partial charge in [-0.2, -0.15) is 5.10 Å². The molecule has 0 spiro atoms. The standard InChI is InChI=1S/C16H22ClN3/c1-12(2)11-19(4)16-15(10-17)13(3)18-20(16)14-8-6-5-7-9-14/h5-9,12H,10-11H2,1-4H3. The van der Waals surface area contributed by atoms with E-state index < -0.39 is 0 Å². The third-order valence-electron chi connectivity index (χ3n) is 3.29. The first-order chi connectivity index (χ1) is 9.54. The maximum Gasteiger partial charge on any atom is 0.136 e. The molecular weight excluding hydrogens is 270 g/mol. The largest absolute Gasteiger partial charge is 0.359 e. The maximum absolute atomic E-state index is 6.14. The number of hydrogen-bond donors (Lipinski definition) is 0. The number of aryl methyl sites for hydroxylation is 1. The molecule has 0 atom stereocenters. The lowest BCUT2D eigenvalue weighted by molar-refractivity contribution is 0.627. The van der Waals surface area contributed by atoms with Crippen LogP contribution in [0.1, 0.15) is 25.1 Å². The minimum absolute atomic E-state index is 0.483. The zero-order chi connectivity index (χ0) is 14.7. The Morgan fingerprint density at radius 2 is 1.90 bits per heavy atom. The second-order valence-electron chi connectivity index (χ2n) is 5.54. The van der Waals surface area contributed by atoms with Crippen molar-refractivity contribution in [3.63, 3.8) is 0 Å². The molecule has 3 nitrogen and oxygen atoms in total. The molecule has 0 amide bonds. The predicted molar refractivity (Wildman–Crippen MR) is 86.0 cm³/mol. The third kappa shape index (κ3) is 2.98. The van der Waals surface area contributed by atoms with Crippen LogP contribution in [0.5, 0.6) is 0 Å². The van der Waals surface area contributed by atoms with E-state index in [1.165, 1.54) is 0 Å². The molecule has 0 radical (unpaired) electrons. The number of aromatic nitrogens is 2. The highest BCUT2D eigenvalue weighted by atomic mass is 35.5. The molecule has 1 aromatic carbocycles. The van der Waals surface area contributed by atoms with Crippen LogP contribution in [-0.4, -0.2) is 23.4 Å². The molecule has 20 heavy (non-hydrogen) atoms. The number of benzene rings is 1. The molecule has 0 saturated carbocycles. The summed E-state index contributed by atoms with van der Waals surface area (Å²) < 4.78 is 2.00. The fourth-order valence-corrected chi connectivity index (χ4v) is 2.79. The van der Waals surface area contributed by atoms with Crippen LogP contribution < -0.4 is 4.90 Å². The van der Waals surface area contributed by atoms with Gasteiger partial charge >= 0.3 is 0 Å². The summed E-state index contributed by atoms with van der Waals surface area (Å²) in [6.07, 6.45) is 0. The summed E-state index contributed by atoms with van der Waals surface area (Å²) in [4.78, 5) is 2.25. The second-order valence-corrected chi connectivity index (χ2v) is 5.81. The van der Waals surface area contributed by atoms with Crippen molar-refractivity contribution in [1.82, 2.24) is 9.78 Å². The molecule has 1 heterocycles. The van der Waals surface area contributed by atoms with Gasteiger partial charge in [0.15, 0.2) is 0 Å². The van der Waals surface area contributed by atoms with Gasteiger partial charge in [-0.25, -0.2) is 4.68 Å². The first-order valence-electron chi connectivity index (χ1n) is 6.95. The van der Waals surface area contributed by atoms with Crippen LogP contribution in [0.15, 0.2) is 30.3 Å². The Bertz CT molecular complexity index is 561. The summed E-state index contributed by atoms with van der Waals surface area (Å²) >= 11 is 6.14. The maximum atomic E-state index is 6.14. The van der Waals surface area contributed by atoms with Crippen molar-refractivity contribution in [1.29, 1.82) is 0 Å². The van der Waals surface area contributed by atoms with Gasteiger partial charge in [0.25, 0.3) is 0 Å². The quantitative estimate of drug-likeness (QED) is 0.776. The molecule has 0 aliphatic carbocycles. The highest BCUT2D eigenvalue weighted by Gasteiger charge is 2.19. The van der Waals surface area contributed by atoms with Crippen LogP contribution >= 0.6 is 11.6 Å². The van der Waals surface area contributed by atoms with E-state index in [0.29, 0.717) is 11.8 Å². The molecule has 0 aliphatic rings. The number of nitrogens with zero attached hydrogens (tertiary/aromatic N) is 3. The molecule has 2 aromatic rings. The van der Waals surface area contributed by atoms with Gasteiger partial charge in [0, 0.05) is 19.2 Å². The van der Waals surface area contributed by atoms with Gasteiger partial charge < -0.3 is 4.90 Å². The van der Waals surface area contributed by atoms with Crippen molar-refractivity contribution in [3.05, 3.63) is 41.6 Å². The monoisotopic (exact) mass is 291 g/mol. The number of anilines is 1. The fraction of sp³-hybridized carbons (Fsp3) is 0.438. The van der Waals surface area contributed by atoms with E-state index in [2.05, 4.69) is 43.0 Å². The zero-order valence-corrected chi connectivity index (χ0v) is 13.4. The van der Waals surface area contributed by atoms with E-state index >= 15 is 0 Å². The van der Waals surface area contributed by atoms with Gasteiger partial charge in [-0.05, 0) is 25.0 Å². The van der Waals surface area contributed by atoms with Crippen LogP contribution in [0.2, 0.25) is 0 Å². The van der Waals surface area contributed by atoms with E-state index in [1.807, 2.05) is 29.8 Å². The molecule has 1 aromatic heterocycles. The SMILES string of the molecule is Cc1nn(-c2ccccc2)c(N(C)CC(C)C)c1CCl. The highest BCUT2D eigenvalue weighted by molar-refractivity contribution is 6.17. The van der Waals surface area contributed by atoms with Gasteiger partial charge in [-0.1, -0.05) is 32.0 Å². The normalized spacial score (nSPS) is 11.1. The lowest BCUT2D eigenvalue weighted by atomic mass is 10.2. The van der Waals surface area contributed by atoms with Crippen LogP contribution in [0.4, 0.5) is 5.82 Å². The summed E-state index contributed by atoms with van der Waals surface area (Å²) in [6.45, 7) is 7.42. The van der Waals surface area contributed by atoms with Gasteiger partial charge in [0.1, 0.15) is 5.82 Å². The van der Waals surface area contributed by atoms with Crippen molar-refractivity contribution < 1.29 is 0 Å². The number of halogens is 1. The average Bonchev–Trinajstić information content (AvgIpc) is 2.75. The van der Waals surface area contributed by atoms with Crippen LogP contribution in [0.3, 0.4) is 0 Å². The molecule has 0 fully saturated rings. The van der Waals surface area contributed by atoms with E-state index in [-0.39, 0.29) is 0 Å². The molecule has 2 rings (SSSR count). The predicted octanol–water partition coefficient (Wildman–Crippen LogP) is 4.01. The highest BCUT2D eigenvalue weighted by Crippen LogP contribution is 2.28. The molecule has 0 aliphatic heterocycles. The Balaban J connectivity index is 2.52. The zero-order valence-electron chi connectivity index (χ0n) is 12.6. The lowest BCUT2D eigenvalue weighted by Gasteiger charge is -2.23. The Kier molecular flexibility index (Phi) is 4.71. The van der Waals surface area contributed by atoms with E-state index in [9.17, 15) is 0 Å². The van der Waals surface area contributed by atoms with Gasteiger partial charge in [-0.3, -0.25) is 0 Å². The summed E-state index contributed by atoms with van der Waals surface area (Å²) in [6, 6.07) is 10.2. The summed E-state index contributed by atoms with van der Waals surface area (Å²) in [5.41, 5.74) is 3.17. The number of alkyl halides is 1. The second kappa shape index (κ2) is 6.31. The Morgan fingerprint density at radius 3 is 2.45 bits per heavy atom. The summed E-state index contributed by atoms with van der Waals surface area (Å²) in [7, 11) is 2.10. The Morgan fingerprint density at radius 1 is 1.25 bits per heavy atom. The van der Waals surface area contributed by atoms with Crippen molar-refractivity contribution in [2.24, 2.45) is 5.92 Å². The van der Waals surface area contributed by atoms with E-state index in [0.717, 1.165) is 29.3 Å². The number of hydrogen-bond acceptors (Lipinski definition) is 2. The van der Waals surface area contributed by atoms with Crippen molar-refractivity contribution in [2.75, 3.05) is 18.5 Å². The molecule has 0 unspecified atom stereocenters. The molecular formula is C16H22ClN3. The van der Waals surface area contributed by atoms with Gasteiger partial charge in [0.2, 0.25) is 0 Å². The minimum atomic E-state index is 0.483. The van der Waals surface area contributed by atoms with Crippen LogP contribution in [0.25, 0.3) is 5.69 Å². The fourth-order valence-electron chi connectivity index (χ4n) is 2.48. The van der Waals surface area contributed by atoms with E-state index in [1.54, 1.807) is 0 Å². The Labute approximate surface area is 126 Å². The molecule has 0 bridgehead atoms.